The third-order valence-corrected chi connectivity index (χ3v) is 2.56. The van der Waals surface area contributed by atoms with E-state index in [0.29, 0.717) is 5.92 Å². The van der Waals surface area contributed by atoms with Crippen molar-refractivity contribution >= 4 is 5.91 Å². The van der Waals surface area contributed by atoms with E-state index in [2.05, 4.69) is 11.4 Å². The van der Waals surface area contributed by atoms with Crippen LogP contribution in [0.5, 0.6) is 0 Å². The molecular formula is C10H16N2O. The Hall–Kier alpha value is -0.830. The van der Waals surface area contributed by atoms with Crippen molar-refractivity contribution in [3.63, 3.8) is 0 Å². The van der Waals surface area contributed by atoms with Crippen molar-refractivity contribution in [2.75, 3.05) is 26.2 Å². The first kappa shape index (κ1) is 8.75. The number of nitrogens with zero attached hydrogens (tertiary/aromatic N) is 1. The van der Waals surface area contributed by atoms with E-state index in [4.69, 9.17) is 0 Å². The molecule has 0 bridgehead atoms. The zero-order chi connectivity index (χ0) is 9.10. The third-order valence-electron chi connectivity index (χ3n) is 2.56. The molecule has 0 radical (unpaired) electrons. The maximum Gasteiger partial charge on any atom is 0.246 e. The highest BCUT2D eigenvalue weighted by molar-refractivity contribution is 5.87. The van der Waals surface area contributed by atoms with Gasteiger partial charge in [0.2, 0.25) is 5.91 Å². The molecule has 3 heteroatoms. The number of hydrogen-bond donors (Lipinski definition) is 1. The van der Waals surface area contributed by atoms with Crippen molar-refractivity contribution in [3.8, 4) is 0 Å². The predicted octanol–water partition coefficient (Wildman–Crippen LogP) is 0.384. The zero-order valence-electron chi connectivity index (χ0n) is 7.83. The highest BCUT2D eigenvalue weighted by Gasteiger charge is 2.19. The summed E-state index contributed by atoms with van der Waals surface area (Å²) < 4.78 is 0. The summed E-state index contributed by atoms with van der Waals surface area (Å²) >= 11 is 0. The van der Waals surface area contributed by atoms with Crippen LogP contribution in [0.1, 0.15) is 12.8 Å². The van der Waals surface area contributed by atoms with Gasteiger partial charge in [-0.25, -0.2) is 0 Å². The van der Waals surface area contributed by atoms with E-state index < -0.39 is 0 Å². The number of allylic oxidation sites excluding steroid dienone is 1. The summed E-state index contributed by atoms with van der Waals surface area (Å²) in [4.78, 5) is 13.5. The van der Waals surface area contributed by atoms with Gasteiger partial charge in [-0.15, -0.1) is 0 Å². The van der Waals surface area contributed by atoms with Crippen LogP contribution in [0.4, 0.5) is 0 Å². The van der Waals surface area contributed by atoms with Gasteiger partial charge >= 0.3 is 0 Å². The number of piperazine rings is 1. The third kappa shape index (κ3) is 2.56. The molecule has 0 atom stereocenters. The van der Waals surface area contributed by atoms with Gasteiger partial charge in [0, 0.05) is 26.2 Å². The fourth-order valence-electron chi connectivity index (χ4n) is 1.50. The minimum atomic E-state index is 0.188. The van der Waals surface area contributed by atoms with E-state index in [1.807, 2.05) is 4.90 Å². The second-order valence-electron chi connectivity index (χ2n) is 3.77. The highest BCUT2D eigenvalue weighted by atomic mass is 16.2. The largest absolute Gasteiger partial charge is 0.337 e. The van der Waals surface area contributed by atoms with Gasteiger partial charge in [0.15, 0.2) is 0 Å². The average Bonchev–Trinajstić information content (AvgIpc) is 2.99. The molecule has 2 rings (SSSR count). The topological polar surface area (TPSA) is 32.3 Å². The maximum atomic E-state index is 11.5. The number of hydrogen-bond acceptors (Lipinski definition) is 2. The number of carbonyl (C=O) groups is 1. The lowest BCUT2D eigenvalue weighted by Crippen LogP contribution is -2.45. The van der Waals surface area contributed by atoms with E-state index in [9.17, 15) is 4.79 Å². The van der Waals surface area contributed by atoms with E-state index in [1.54, 1.807) is 6.08 Å². The standard InChI is InChI=1S/C10H16N2O/c13-10(4-3-9-1-2-9)12-7-5-11-6-8-12/h3-4,9,11H,1-2,5-8H2/b4-3+. The lowest BCUT2D eigenvalue weighted by molar-refractivity contribution is -0.126. The summed E-state index contributed by atoms with van der Waals surface area (Å²) in [6.07, 6.45) is 6.35. The monoisotopic (exact) mass is 180 g/mol. The molecule has 1 saturated heterocycles. The van der Waals surface area contributed by atoms with Gasteiger partial charge in [-0.3, -0.25) is 4.79 Å². The smallest absolute Gasteiger partial charge is 0.246 e. The van der Waals surface area contributed by atoms with Gasteiger partial charge in [0.1, 0.15) is 0 Å². The molecule has 1 aliphatic heterocycles. The Kier molecular flexibility index (Phi) is 2.64. The molecular weight excluding hydrogens is 164 g/mol. The van der Waals surface area contributed by atoms with Crippen molar-refractivity contribution in [1.29, 1.82) is 0 Å². The van der Waals surface area contributed by atoms with Crippen LogP contribution in [0.15, 0.2) is 12.2 Å². The molecule has 2 fully saturated rings. The van der Waals surface area contributed by atoms with Crippen LogP contribution in [-0.2, 0) is 4.79 Å². The summed E-state index contributed by atoms with van der Waals surface area (Å²) in [6, 6.07) is 0. The number of amides is 1. The van der Waals surface area contributed by atoms with Crippen molar-refractivity contribution in [3.05, 3.63) is 12.2 Å². The molecule has 1 aliphatic carbocycles. The molecule has 0 aromatic heterocycles. The highest BCUT2D eigenvalue weighted by Crippen LogP contribution is 2.29. The average molecular weight is 180 g/mol. The summed E-state index contributed by atoms with van der Waals surface area (Å²) in [6.45, 7) is 3.58. The Labute approximate surface area is 78.8 Å². The van der Waals surface area contributed by atoms with Crippen molar-refractivity contribution in [2.45, 2.75) is 12.8 Å². The van der Waals surface area contributed by atoms with Gasteiger partial charge in [-0.1, -0.05) is 6.08 Å². The first-order chi connectivity index (χ1) is 6.36. The molecule has 2 aliphatic rings. The normalized spacial score (nSPS) is 23.8. The zero-order valence-corrected chi connectivity index (χ0v) is 7.83. The molecule has 0 unspecified atom stereocenters. The van der Waals surface area contributed by atoms with E-state index in [1.165, 1.54) is 12.8 Å². The van der Waals surface area contributed by atoms with Gasteiger partial charge in [-0.05, 0) is 24.8 Å². The van der Waals surface area contributed by atoms with Crippen LogP contribution in [0.2, 0.25) is 0 Å². The van der Waals surface area contributed by atoms with E-state index in [0.717, 1.165) is 26.2 Å². The van der Waals surface area contributed by atoms with Gasteiger partial charge in [0.05, 0.1) is 0 Å². The molecule has 1 N–H and O–H groups in total. The second-order valence-corrected chi connectivity index (χ2v) is 3.77. The minimum Gasteiger partial charge on any atom is -0.337 e. The molecule has 0 aromatic carbocycles. The Balaban J connectivity index is 1.80. The van der Waals surface area contributed by atoms with Crippen molar-refractivity contribution in [2.24, 2.45) is 5.92 Å². The Morgan fingerprint density at radius 3 is 2.62 bits per heavy atom. The lowest BCUT2D eigenvalue weighted by Gasteiger charge is -2.26. The van der Waals surface area contributed by atoms with Crippen LogP contribution in [0.3, 0.4) is 0 Å². The molecule has 3 nitrogen and oxygen atoms in total. The SMILES string of the molecule is O=C(/C=C/C1CC1)N1CCNCC1. The van der Waals surface area contributed by atoms with Gasteiger partial charge in [-0.2, -0.15) is 0 Å². The number of rotatable bonds is 2. The van der Waals surface area contributed by atoms with Crippen molar-refractivity contribution in [1.82, 2.24) is 10.2 Å². The van der Waals surface area contributed by atoms with Gasteiger partial charge < -0.3 is 10.2 Å². The summed E-state index contributed by atoms with van der Waals surface area (Å²) in [5.41, 5.74) is 0. The Morgan fingerprint density at radius 1 is 1.31 bits per heavy atom. The molecule has 0 aromatic rings. The summed E-state index contributed by atoms with van der Waals surface area (Å²) in [5, 5.41) is 3.23. The first-order valence-corrected chi connectivity index (χ1v) is 5.04. The molecule has 72 valence electrons. The quantitative estimate of drug-likeness (QED) is 0.623. The number of carbonyl (C=O) groups excluding carboxylic acids is 1. The second kappa shape index (κ2) is 3.92. The molecule has 1 amide bonds. The van der Waals surface area contributed by atoms with Crippen molar-refractivity contribution < 1.29 is 4.79 Å². The summed E-state index contributed by atoms with van der Waals surface area (Å²) in [7, 11) is 0. The first-order valence-electron chi connectivity index (χ1n) is 5.04. The van der Waals surface area contributed by atoms with Crippen LogP contribution in [-0.4, -0.2) is 37.0 Å². The Morgan fingerprint density at radius 2 is 2.00 bits per heavy atom. The fraction of sp³-hybridized carbons (Fsp3) is 0.700. The lowest BCUT2D eigenvalue weighted by atomic mass is 10.3. The maximum absolute atomic E-state index is 11.5. The van der Waals surface area contributed by atoms with Crippen LogP contribution in [0.25, 0.3) is 0 Å². The minimum absolute atomic E-state index is 0.188. The Bertz CT molecular complexity index is 215. The molecule has 1 heterocycles. The predicted molar refractivity (Wildman–Crippen MR) is 51.3 cm³/mol. The molecule has 13 heavy (non-hydrogen) atoms. The number of nitrogens with one attached hydrogen (secondary N) is 1. The van der Waals surface area contributed by atoms with E-state index in [-0.39, 0.29) is 5.91 Å². The van der Waals surface area contributed by atoms with Crippen LogP contribution < -0.4 is 5.32 Å². The van der Waals surface area contributed by atoms with Gasteiger partial charge in [0.25, 0.3) is 0 Å². The molecule has 1 saturated carbocycles. The van der Waals surface area contributed by atoms with Crippen LogP contribution in [0, 0.1) is 5.92 Å². The molecule has 0 spiro atoms. The summed E-state index contributed by atoms with van der Waals surface area (Å²) in [5.74, 6) is 0.889. The van der Waals surface area contributed by atoms with Crippen LogP contribution >= 0.6 is 0 Å². The fourth-order valence-corrected chi connectivity index (χ4v) is 1.50. The van der Waals surface area contributed by atoms with E-state index >= 15 is 0 Å².